The first-order chi connectivity index (χ1) is 10.0. The van der Waals surface area contributed by atoms with Crippen LogP contribution in [0, 0.1) is 0 Å². The van der Waals surface area contributed by atoms with Crippen LogP contribution in [0.1, 0.15) is 40.5 Å². The molecular weight excluding hydrogens is 292 g/mol. The number of carbonyl (C=O) groups is 3. The van der Waals surface area contributed by atoms with Gasteiger partial charge in [0.05, 0.1) is 22.2 Å². The molecule has 21 heavy (non-hydrogen) atoms. The maximum absolute atomic E-state index is 12.5. The predicted molar refractivity (Wildman–Crippen MR) is 77.2 cm³/mol. The highest BCUT2D eigenvalue weighted by molar-refractivity contribution is 6.37. The summed E-state index contributed by atoms with van der Waals surface area (Å²) < 4.78 is 0. The zero-order valence-electron chi connectivity index (χ0n) is 11.6. The molecule has 1 fully saturated rings. The number of halogens is 1. The Kier molecular flexibility index (Phi) is 3.45. The van der Waals surface area contributed by atoms with Gasteiger partial charge in [-0.25, -0.2) is 0 Å². The molecule has 0 aromatic heterocycles. The summed E-state index contributed by atoms with van der Waals surface area (Å²) in [5.41, 5.74) is 0.636. The Balaban J connectivity index is 1.86. The molecule has 0 spiro atoms. The maximum atomic E-state index is 12.5. The second kappa shape index (κ2) is 5.15. The van der Waals surface area contributed by atoms with E-state index in [1.807, 2.05) is 0 Å². The summed E-state index contributed by atoms with van der Waals surface area (Å²) in [7, 11) is 0. The van der Waals surface area contributed by atoms with Crippen molar-refractivity contribution in [3.63, 3.8) is 0 Å². The third-order valence-electron chi connectivity index (χ3n) is 4.08. The Morgan fingerprint density at radius 2 is 2.10 bits per heavy atom. The minimum absolute atomic E-state index is 0.0483. The van der Waals surface area contributed by atoms with Crippen LogP contribution in [0.15, 0.2) is 18.2 Å². The number of benzene rings is 1. The van der Waals surface area contributed by atoms with Crippen molar-refractivity contribution < 1.29 is 14.4 Å². The van der Waals surface area contributed by atoms with Crippen LogP contribution < -0.4 is 0 Å². The van der Waals surface area contributed by atoms with Crippen molar-refractivity contribution in [1.29, 1.82) is 0 Å². The second-order valence-electron chi connectivity index (χ2n) is 5.28. The lowest BCUT2D eigenvalue weighted by molar-refractivity contribution is -0.129. The van der Waals surface area contributed by atoms with Crippen LogP contribution in [0.5, 0.6) is 0 Å². The largest absolute Gasteiger partial charge is 0.341 e. The highest BCUT2D eigenvalue weighted by atomic mass is 35.5. The number of nitrogens with zero attached hydrogens (tertiary/aromatic N) is 2. The molecule has 110 valence electrons. The van der Waals surface area contributed by atoms with Crippen LogP contribution in [0.3, 0.4) is 0 Å². The molecule has 0 bridgehead atoms. The van der Waals surface area contributed by atoms with Gasteiger partial charge in [0.15, 0.2) is 0 Å². The zero-order valence-corrected chi connectivity index (χ0v) is 12.4. The van der Waals surface area contributed by atoms with Crippen LogP contribution in [0.2, 0.25) is 5.02 Å². The van der Waals surface area contributed by atoms with E-state index >= 15 is 0 Å². The standard InChI is InChI=1S/C15H15ClN2O3/c1-2-12(19)17-7-6-9(8-17)18-14(20)10-4-3-5-11(16)13(10)15(18)21/h3-5,9H,2,6-8H2,1H3. The molecule has 2 aliphatic heterocycles. The third kappa shape index (κ3) is 2.12. The molecule has 3 rings (SSSR count). The first-order valence-corrected chi connectivity index (χ1v) is 7.36. The Morgan fingerprint density at radius 3 is 2.76 bits per heavy atom. The summed E-state index contributed by atoms with van der Waals surface area (Å²) in [6, 6.07) is 4.63. The van der Waals surface area contributed by atoms with Gasteiger partial charge in [-0.1, -0.05) is 24.6 Å². The number of amides is 3. The monoisotopic (exact) mass is 306 g/mol. The lowest BCUT2D eigenvalue weighted by atomic mass is 10.1. The van der Waals surface area contributed by atoms with Crippen molar-refractivity contribution in [2.75, 3.05) is 13.1 Å². The molecule has 1 unspecified atom stereocenters. The van der Waals surface area contributed by atoms with E-state index < -0.39 is 0 Å². The van der Waals surface area contributed by atoms with Gasteiger partial charge in [0.1, 0.15) is 0 Å². The molecule has 5 nitrogen and oxygen atoms in total. The molecule has 0 aliphatic carbocycles. The van der Waals surface area contributed by atoms with E-state index in [9.17, 15) is 14.4 Å². The summed E-state index contributed by atoms with van der Waals surface area (Å²) in [5.74, 6) is -0.614. The third-order valence-corrected chi connectivity index (χ3v) is 4.39. The summed E-state index contributed by atoms with van der Waals surface area (Å²) in [6.07, 6.45) is 1.05. The minimum atomic E-state index is -0.351. The molecule has 0 saturated carbocycles. The lowest BCUT2D eigenvalue weighted by Gasteiger charge is -2.22. The van der Waals surface area contributed by atoms with Crippen LogP contribution in [-0.4, -0.2) is 46.7 Å². The Hall–Kier alpha value is -1.88. The van der Waals surface area contributed by atoms with Gasteiger partial charge in [-0.05, 0) is 18.6 Å². The Labute approximate surface area is 127 Å². The molecule has 2 heterocycles. The van der Waals surface area contributed by atoms with Gasteiger partial charge in [-0.2, -0.15) is 0 Å². The number of likely N-dealkylation sites (tertiary alicyclic amines) is 1. The van der Waals surface area contributed by atoms with Gasteiger partial charge in [0.25, 0.3) is 11.8 Å². The molecule has 3 amide bonds. The maximum Gasteiger partial charge on any atom is 0.263 e. The number of hydrogen-bond donors (Lipinski definition) is 0. The number of hydrogen-bond acceptors (Lipinski definition) is 3. The topological polar surface area (TPSA) is 57.7 Å². The van der Waals surface area contributed by atoms with Crippen LogP contribution in [-0.2, 0) is 4.79 Å². The molecule has 1 saturated heterocycles. The summed E-state index contributed by atoms with van der Waals surface area (Å²) in [6.45, 7) is 2.80. The summed E-state index contributed by atoms with van der Waals surface area (Å²) >= 11 is 6.04. The number of imide groups is 1. The molecule has 0 N–H and O–H groups in total. The van der Waals surface area contributed by atoms with E-state index in [0.717, 1.165) is 0 Å². The second-order valence-corrected chi connectivity index (χ2v) is 5.69. The van der Waals surface area contributed by atoms with E-state index in [1.165, 1.54) is 4.90 Å². The quantitative estimate of drug-likeness (QED) is 0.785. The minimum Gasteiger partial charge on any atom is -0.341 e. The van der Waals surface area contributed by atoms with E-state index in [0.29, 0.717) is 36.5 Å². The van der Waals surface area contributed by atoms with E-state index in [2.05, 4.69) is 0 Å². The highest BCUT2D eigenvalue weighted by Crippen LogP contribution is 2.32. The van der Waals surface area contributed by atoms with E-state index in [1.54, 1.807) is 30.0 Å². The van der Waals surface area contributed by atoms with Gasteiger partial charge >= 0.3 is 0 Å². The van der Waals surface area contributed by atoms with Gasteiger partial charge in [0.2, 0.25) is 5.91 Å². The van der Waals surface area contributed by atoms with Crippen molar-refractivity contribution in [2.45, 2.75) is 25.8 Å². The molecule has 6 heteroatoms. The molecule has 1 atom stereocenters. The molecular formula is C15H15ClN2O3. The predicted octanol–water partition coefficient (Wildman–Crippen LogP) is 1.95. The zero-order chi connectivity index (χ0) is 15.1. The smallest absolute Gasteiger partial charge is 0.263 e. The van der Waals surface area contributed by atoms with Crippen LogP contribution >= 0.6 is 11.6 Å². The molecule has 2 aliphatic rings. The molecule has 1 aromatic carbocycles. The first-order valence-electron chi connectivity index (χ1n) is 6.98. The number of fused-ring (bicyclic) bond motifs is 1. The van der Waals surface area contributed by atoms with Crippen LogP contribution in [0.25, 0.3) is 0 Å². The summed E-state index contributed by atoms with van der Waals surface area (Å²) in [5, 5.41) is 0.299. The van der Waals surface area contributed by atoms with Crippen molar-refractivity contribution >= 4 is 29.3 Å². The fraction of sp³-hybridized carbons (Fsp3) is 0.400. The van der Waals surface area contributed by atoms with Crippen molar-refractivity contribution in [1.82, 2.24) is 9.80 Å². The van der Waals surface area contributed by atoms with Gasteiger partial charge in [0, 0.05) is 19.5 Å². The van der Waals surface area contributed by atoms with E-state index in [4.69, 9.17) is 11.6 Å². The van der Waals surface area contributed by atoms with Gasteiger partial charge in [-0.3, -0.25) is 19.3 Å². The highest BCUT2D eigenvalue weighted by Gasteiger charge is 2.43. The van der Waals surface area contributed by atoms with Crippen molar-refractivity contribution in [3.8, 4) is 0 Å². The van der Waals surface area contributed by atoms with Crippen molar-refractivity contribution in [3.05, 3.63) is 34.3 Å². The lowest BCUT2D eigenvalue weighted by Crippen LogP contribution is -2.42. The van der Waals surface area contributed by atoms with Gasteiger partial charge < -0.3 is 4.90 Å². The average molecular weight is 307 g/mol. The van der Waals surface area contributed by atoms with Gasteiger partial charge in [-0.15, -0.1) is 0 Å². The van der Waals surface area contributed by atoms with Crippen LogP contribution in [0.4, 0.5) is 0 Å². The SMILES string of the molecule is CCC(=O)N1CCC(N2C(=O)c3cccc(Cl)c3C2=O)C1. The average Bonchev–Trinajstić information content (AvgIpc) is 3.03. The Bertz CT molecular complexity index is 644. The van der Waals surface area contributed by atoms with E-state index in [-0.39, 0.29) is 29.3 Å². The van der Waals surface area contributed by atoms with Crippen molar-refractivity contribution in [2.24, 2.45) is 0 Å². The fourth-order valence-electron chi connectivity index (χ4n) is 3.00. The fourth-order valence-corrected chi connectivity index (χ4v) is 3.25. The first kappa shape index (κ1) is 14.1. The Morgan fingerprint density at radius 1 is 1.33 bits per heavy atom. The molecule has 1 aromatic rings. The molecule has 0 radical (unpaired) electrons. The number of carbonyl (C=O) groups excluding carboxylic acids is 3. The normalized spacial score (nSPS) is 21.1. The number of rotatable bonds is 2. The summed E-state index contributed by atoms with van der Waals surface area (Å²) in [4.78, 5) is 39.6.